The van der Waals surface area contributed by atoms with E-state index < -0.39 is 0 Å². The summed E-state index contributed by atoms with van der Waals surface area (Å²) in [6, 6.07) is 4.32. The van der Waals surface area contributed by atoms with E-state index in [1.165, 1.54) is 5.56 Å². The molecule has 0 saturated heterocycles. The van der Waals surface area contributed by atoms with Gasteiger partial charge in [-0.3, -0.25) is 14.8 Å². The molecule has 3 aromatic rings. The van der Waals surface area contributed by atoms with Gasteiger partial charge in [-0.2, -0.15) is 0 Å². The lowest BCUT2D eigenvalue weighted by Gasteiger charge is -2.25. The van der Waals surface area contributed by atoms with E-state index in [1.807, 2.05) is 4.90 Å². The van der Waals surface area contributed by atoms with Gasteiger partial charge in [-0.25, -0.2) is 4.98 Å². The van der Waals surface area contributed by atoms with Crippen molar-refractivity contribution in [1.82, 2.24) is 15.0 Å². The first kappa shape index (κ1) is 13.8. The molecule has 0 aliphatic carbocycles. The predicted molar refractivity (Wildman–Crippen MR) is 93.0 cm³/mol. The van der Waals surface area contributed by atoms with Crippen molar-refractivity contribution in [2.24, 2.45) is 0 Å². The van der Waals surface area contributed by atoms with Gasteiger partial charge >= 0.3 is 0 Å². The van der Waals surface area contributed by atoms with Crippen molar-refractivity contribution in [3.8, 4) is 22.0 Å². The minimum atomic E-state index is 0.224. The molecule has 5 nitrogen and oxygen atoms in total. The van der Waals surface area contributed by atoms with Crippen LogP contribution in [0.5, 0.6) is 0 Å². The molecule has 2 aliphatic heterocycles. The number of anilines is 1. The number of nitrogens with zero attached hydrogens (tertiary/aromatic N) is 4. The lowest BCUT2D eigenvalue weighted by Crippen LogP contribution is -2.31. The smallest absolute Gasteiger partial charge is 0.231 e. The van der Waals surface area contributed by atoms with E-state index in [4.69, 9.17) is 4.98 Å². The van der Waals surface area contributed by atoms with Crippen molar-refractivity contribution < 1.29 is 4.79 Å². The Morgan fingerprint density at radius 1 is 1.12 bits per heavy atom. The lowest BCUT2D eigenvalue weighted by atomic mass is 9.96. The standard InChI is InChI=1S/C18H14N4OS/c23-16-8-13-7-12(6-11-2-1-5-22(16)17(11)13)15-10-24-18(21-15)14-9-19-3-4-20-14/h3-4,6-7,9-10H,1-2,5,8H2. The molecule has 2 aromatic heterocycles. The molecule has 0 fully saturated rings. The van der Waals surface area contributed by atoms with Crippen LogP contribution in [0.1, 0.15) is 17.5 Å². The minimum absolute atomic E-state index is 0.224. The molecule has 118 valence electrons. The molecule has 0 radical (unpaired) electrons. The van der Waals surface area contributed by atoms with Gasteiger partial charge in [-0.15, -0.1) is 11.3 Å². The fourth-order valence-corrected chi connectivity index (χ4v) is 4.35. The summed E-state index contributed by atoms with van der Waals surface area (Å²) in [5.74, 6) is 0.224. The number of hydrogen-bond donors (Lipinski definition) is 0. The molecular formula is C18H14N4OS. The van der Waals surface area contributed by atoms with Crippen LogP contribution in [-0.2, 0) is 17.6 Å². The summed E-state index contributed by atoms with van der Waals surface area (Å²) in [7, 11) is 0. The second-order valence-corrected chi connectivity index (χ2v) is 6.96. The van der Waals surface area contributed by atoms with E-state index in [0.717, 1.165) is 52.6 Å². The van der Waals surface area contributed by atoms with Crippen molar-refractivity contribution in [3.63, 3.8) is 0 Å². The van der Waals surface area contributed by atoms with E-state index >= 15 is 0 Å². The first-order valence-corrected chi connectivity index (χ1v) is 8.86. The summed E-state index contributed by atoms with van der Waals surface area (Å²) in [6.07, 6.45) is 7.63. The highest BCUT2D eigenvalue weighted by Crippen LogP contribution is 2.40. The van der Waals surface area contributed by atoms with Crippen molar-refractivity contribution >= 4 is 22.9 Å². The number of hydrogen-bond acceptors (Lipinski definition) is 5. The molecule has 0 saturated carbocycles. The van der Waals surface area contributed by atoms with Gasteiger partial charge in [0.2, 0.25) is 5.91 Å². The number of rotatable bonds is 2. The van der Waals surface area contributed by atoms with Gasteiger partial charge in [-0.1, -0.05) is 0 Å². The van der Waals surface area contributed by atoms with Crippen LogP contribution in [0.2, 0.25) is 0 Å². The van der Waals surface area contributed by atoms with E-state index in [-0.39, 0.29) is 5.91 Å². The summed E-state index contributed by atoms with van der Waals surface area (Å²) >= 11 is 1.57. The molecule has 2 aliphatic rings. The lowest BCUT2D eigenvalue weighted by molar-refractivity contribution is -0.117. The molecule has 1 aromatic carbocycles. The van der Waals surface area contributed by atoms with Crippen LogP contribution in [0.15, 0.2) is 36.1 Å². The third kappa shape index (κ3) is 2.06. The molecule has 0 bridgehead atoms. The van der Waals surface area contributed by atoms with Gasteiger partial charge < -0.3 is 4.90 Å². The fourth-order valence-electron chi connectivity index (χ4n) is 3.56. The molecule has 0 N–H and O–H groups in total. The van der Waals surface area contributed by atoms with Crippen molar-refractivity contribution in [1.29, 1.82) is 0 Å². The summed E-state index contributed by atoms with van der Waals surface area (Å²) in [5, 5.41) is 2.92. The third-order valence-electron chi connectivity index (χ3n) is 4.59. The van der Waals surface area contributed by atoms with E-state index in [2.05, 4.69) is 27.5 Å². The Kier molecular flexibility index (Phi) is 2.99. The Morgan fingerprint density at radius 3 is 2.92 bits per heavy atom. The van der Waals surface area contributed by atoms with Crippen LogP contribution in [0.4, 0.5) is 5.69 Å². The van der Waals surface area contributed by atoms with Crippen molar-refractivity contribution in [2.75, 3.05) is 11.4 Å². The highest BCUT2D eigenvalue weighted by Gasteiger charge is 2.32. The number of thiazole rings is 1. The molecule has 4 heterocycles. The maximum atomic E-state index is 12.2. The zero-order chi connectivity index (χ0) is 16.1. The Bertz CT molecular complexity index is 951. The molecular weight excluding hydrogens is 320 g/mol. The summed E-state index contributed by atoms with van der Waals surface area (Å²) in [4.78, 5) is 27.3. The Morgan fingerprint density at radius 2 is 2.04 bits per heavy atom. The number of amides is 1. The average Bonchev–Trinajstić information content (AvgIpc) is 3.23. The van der Waals surface area contributed by atoms with E-state index in [9.17, 15) is 4.79 Å². The summed E-state index contributed by atoms with van der Waals surface area (Å²) in [5.41, 5.74) is 6.38. The van der Waals surface area contributed by atoms with Gasteiger partial charge in [0.15, 0.2) is 0 Å². The average molecular weight is 334 g/mol. The molecule has 1 amide bonds. The van der Waals surface area contributed by atoms with Crippen LogP contribution in [0, 0.1) is 0 Å². The quantitative estimate of drug-likeness (QED) is 0.722. The second-order valence-electron chi connectivity index (χ2n) is 6.10. The van der Waals surface area contributed by atoms with E-state index in [1.54, 1.807) is 29.9 Å². The largest absolute Gasteiger partial charge is 0.312 e. The van der Waals surface area contributed by atoms with Crippen LogP contribution in [0.3, 0.4) is 0 Å². The van der Waals surface area contributed by atoms with Crippen molar-refractivity contribution in [3.05, 3.63) is 47.2 Å². The van der Waals surface area contributed by atoms with Crippen LogP contribution < -0.4 is 4.90 Å². The molecule has 0 unspecified atom stereocenters. The van der Waals surface area contributed by atoms with Crippen LogP contribution in [-0.4, -0.2) is 27.4 Å². The van der Waals surface area contributed by atoms with Gasteiger partial charge in [0.25, 0.3) is 0 Å². The highest BCUT2D eigenvalue weighted by atomic mass is 32.1. The highest BCUT2D eigenvalue weighted by molar-refractivity contribution is 7.13. The topological polar surface area (TPSA) is 59.0 Å². The van der Waals surface area contributed by atoms with Gasteiger partial charge in [-0.05, 0) is 36.1 Å². The van der Waals surface area contributed by atoms with Gasteiger partial charge in [0.1, 0.15) is 10.7 Å². The fraction of sp³-hybridized carbons (Fsp3) is 0.222. The van der Waals surface area contributed by atoms with Crippen LogP contribution in [0.25, 0.3) is 22.0 Å². The number of carbonyl (C=O) groups excluding carboxylic acids is 1. The van der Waals surface area contributed by atoms with E-state index in [0.29, 0.717) is 6.42 Å². The Labute approximate surface area is 143 Å². The third-order valence-corrected chi connectivity index (χ3v) is 5.46. The summed E-state index contributed by atoms with van der Waals surface area (Å²) in [6.45, 7) is 0.853. The predicted octanol–water partition coefficient (Wildman–Crippen LogP) is 3.10. The SMILES string of the molecule is O=C1Cc2cc(-c3csc(-c4cnccn4)n3)cc3c2N1CCC3. The maximum absolute atomic E-state index is 12.2. The number of aromatic nitrogens is 3. The number of aryl methyl sites for hydroxylation is 1. The minimum Gasteiger partial charge on any atom is -0.312 e. The molecule has 24 heavy (non-hydrogen) atoms. The maximum Gasteiger partial charge on any atom is 0.231 e. The van der Waals surface area contributed by atoms with Gasteiger partial charge in [0.05, 0.1) is 24.0 Å². The molecule has 6 heteroatoms. The molecule has 5 rings (SSSR count). The number of benzene rings is 1. The summed E-state index contributed by atoms with van der Waals surface area (Å²) < 4.78 is 0. The first-order valence-electron chi connectivity index (χ1n) is 7.98. The first-order chi connectivity index (χ1) is 11.8. The van der Waals surface area contributed by atoms with Crippen molar-refractivity contribution in [2.45, 2.75) is 19.3 Å². The zero-order valence-corrected chi connectivity index (χ0v) is 13.7. The van der Waals surface area contributed by atoms with Gasteiger partial charge in [0, 0.05) is 29.9 Å². The van der Waals surface area contributed by atoms with Crippen LogP contribution >= 0.6 is 11.3 Å². The number of carbonyl (C=O) groups is 1. The molecule has 0 spiro atoms. The normalized spacial score (nSPS) is 15.7. The zero-order valence-electron chi connectivity index (χ0n) is 12.9. The Balaban J connectivity index is 1.58. The monoisotopic (exact) mass is 334 g/mol. The Hall–Kier alpha value is -2.60. The second kappa shape index (κ2) is 5.21. The molecule has 0 atom stereocenters.